The summed E-state index contributed by atoms with van der Waals surface area (Å²) in [4.78, 5) is 12.1. The lowest BCUT2D eigenvalue weighted by Gasteiger charge is -2.09. The van der Waals surface area contributed by atoms with Crippen molar-refractivity contribution in [2.45, 2.75) is 39.0 Å². The summed E-state index contributed by atoms with van der Waals surface area (Å²) in [6.45, 7) is 4.35. The van der Waals surface area contributed by atoms with E-state index in [1.165, 1.54) is 29.3 Å². The van der Waals surface area contributed by atoms with Crippen molar-refractivity contribution in [3.8, 4) is 0 Å². The molecule has 3 heteroatoms. The second-order valence-electron chi connectivity index (χ2n) is 3.01. The minimum absolute atomic E-state index is 0.0459. The summed E-state index contributed by atoms with van der Waals surface area (Å²) in [5.41, 5.74) is 0.0459. The van der Waals surface area contributed by atoms with E-state index in [9.17, 15) is 4.79 Å². The molecule has 0 aliphatic rings. The van der Waals surface area contributed by atoms with E-state index in [1.54, 1.807) is 6.07 Å². The van der Waals surface area contributed by atoms with Crippen LogP contribution in [0.15, 0.2) is 10.9 Å². The molecule has 0 fully saturated rings. The summed E-state index contributed by atoms with van der Waals surface area (Å²) in [7, 11) is 0. The normalized spacial score (nSPS) is 13.2. The average Bonchev–Trinajstić information content (AvgIpc) is 2.47. The number of hydrogen-bond donors (Lipinski definition) is 1. The van der Waals surface area contributed by atoms with E-state index < -0.39 is 0 Å². The first kappa shape index (κ1) is 9.52. The van der Waals surface area contributed by atoms with Crippen LogP contribution in [0.4, 0.5) is 0 Å². The Morgan fingerprint density at radius 1 is 1.58 bits per heavy atom. The van der Waals surface area contributed by atoms with Crippen molar-refractivity contribution in [1.29, 1.82) is 0 Å². The number of rotatable bonds is 4. The highest BCUT2D eigenvalue weighted by molar-refractivity contribution is 7.05. The third-order valence-electron chi connectivity index (χ3n) is 2.08. The van der Waals surface area contributed by atoms with Crippen molar-refractivity contribution in [2.24, 2.45) is 0 Å². The molecular formula is C9H15NOS. The Hall–Kier alpha value is -0.570. The van der Waals surface area contributed by atoms with E-state index in [0.717, 1.165) is 6.42 Å². The monoisotopic (exact) mass is 185 g/mol. The number of H-pyrrole nitrogens is 1. The number of nitrogens with one attached hydrogen (secondary N) is 1. The van der Waals surface area contributed by atoms with E-state index in [1.807, 2.05) is 0 Å². The zero-order valence-electron chi connectivity index (χ0n) is 7.59. The van der Waals surface area contributed by atoms with Gasteiger partial charge >= 0.3 is 0 Å². The van der Waals surface area contributed by atoms with Gasteiger partial charge in [-0.25, -0.2) is 0 Å². The lowest BCUT2D eigenvalue weighted by Crippen LogP contribution is -1.96. The Balaban J connectivity index is 2.72. The van der Waals surface area contributed by atoms with Crippen LogP contribution in [0.2, 0.25) is 0 Å². The fraction of sp³-hybridized carbons (Fsp3) is 0.667. The van der Waals surface area contributed by atoms with E-state index in [0.29, 0.717) is 5.92 Å². The third kappa shape index (κ3) is 2.21. The van der Waals surface area contributed by atoms with Crippen molar-refractivity contribution in [2.75, 3.05) is 0 Å². The van der Waals surface area contributed by atoms with Crippen LogP contribution in [0.1, 0.15) is 43.9 Å². The van der Waals surface area contributed by atoms with E-state index in [-0.39, 0.29) is 5.56 Å². The molecule has 1 N–H and O–H groups in total. The first-order valence-electron chi connectivity index (χ1n) is 4.46. The van der Waals surface area contributed by atoms with Crippen molar-refractivity contribution >= 4 is 11.5 Å². The predicted octanol–water partition coefficient (Wildman–Crippen LogP) is 2.73. The van der Waals surface area contributed by atoms with Crippen LogP contribution in [0.25, 0.3) is 0 Å². The number of hydrogen-bond acceptors (Lipinski definition) is 2. The molecule has 1 heterocycles. The molecule has 68 valence electrons. The highest BCUT2D eigenvalue weighted by atomic mass is 32.1. The van der Waals surface area contributed by atoms with Crippen LogP contribution in [0.3, 0.4) is 0 Å². The molecule has 0 saturated heterocycles. The molecule has 0 aromatic carbocycles. The van der Waals surface area contributed by atoms with Gasteiger partial charge < -0.3 is 0 Å². The lowest BCUT2D eigenvalue weighted by atomic mass is 9.99. The summed E-state index contributed by atoms with van der Waals surface area (Å²) >= 11 is 1.48. The molecule has 1 atom stereocenters. The first-order chi connectivity index (χ1) is 5.77. The van der Waals surface area contributed by atoms with Gasteiger partial charge in [-0.1, -0.05) is 31.8 Å². The van der Waals surface area contributed by atoms with E-state index >= 15 is 0 Å². The molecule has 0 aliphatic carbocycles. The molecule has 0 amide bonds. The topological polar surface area (TPSA) is 32.9 Å². The minimum Gasteiger partial charge on any atom is -0.278 e. The largest absolute Gasteiger partial charge is 0.278 e. The quantitative estimate of drug-likeness (QED) is 0.768. The van der Waals surface area contributed by atoms with Gasteiger partial charge in [-0.2, -0.15) is 0 Å². The summed E-state index contributed by atoms with van der Waals surface area (Å²) < 4.78 is 2.73. The molecule has 1 aromatic rings. The zero-order valence-corrected chi connectivity index (χ0v) is 8.41. The lowest BCUT2D eigenvalue weighted by molar-refractivity contribution is 0.605. The van der Waals surface area contributed by atoms with Gasteiger partial charge in [-0.15, -0.1) is 0 Å². The van der Waals surface area contributed by atoms with Crippen molar-refractivity contribution in [3.05, 3.63) is 21.3 Å². The molecule has 1 aromatic heterocycles. The van der Waals surface area contributed by atoms with Crippen molar-refractivity contribution in [3.63, 3.8) is 0 Å². The molecule has 0 bridgehead atoms. The van der Waals surface area contributed by atoms with Crippen LogP contribution >= 0.6 is 11.5 Å². The van der Waals surface area contributed by atoms with Gasteiger partial charge in [0.15, 0.2) is 0 Å². The standard InChI is InChI=1S/C9H15NOS/c1-3-5-7(4-2)8-6-9(11)10-12-8/h6-7H,3-5H2,1-2H3,(H,10,11). The average molecular weight is 185 g/mol. The molecular weight excluding hydrogens is 170 g/mol. The van der Waals surface area contributed by atoms with Crippen LogP contribution in [0.5, 0.6) is 0 Å². The minimum atomic E-state index is 0.0459. The molecule has 12 heavy (non-hydrogen) atoms. The smallest absolute Gasteiger partial charge is 0.258 e. The molecule has 0 spiro atoms. The molecule has 0 radical (unpaired) electrons. The maximum atomic E-state index is 10.9. The van der Waals surface area contributed by atoms with Gasteiger partial charge in [0.2, 0.25) is 0 Å². The Morgan fingerprint density at radius 3 is 2.75 bits per heavy atom. The molecule has 2 nitrogen and oxygen atoms in total. The summed E-state index contributed by atoms with van der Waals surface area (Å²) in [5.74, 6) is 0.582. The first-order valence-corrected chi connectivity index (χ1v) is 5.28. The van der Waals surface area contributed by atoms with Gasteiger partial charge in [0.05, 0.1) is 0 Å². The Morgan fingerprint density at radius 2 is 2.33 bits per heavy atom. The number of aromatic nitrogens is 1. The van der Waals surface area contributed by atoms with E-state index in [4.69, 9.17) is 0 Å². The van der Waals surface area contributed by atoms with Crippen LogP contribution in [-0.2, 0) is 0 Å². The van der Waals surface area contributed by atoms with Gasteiger partial charge in [0.1, 0.15) is 0 Å². The Labute approximate surface area is 76.8 Å². The van der Waals surface area contributed by atoms with Crippen LogP contribution < -0.4 is 5.56 Å². The Bertz CT molecular complexity index is 276. The van der Waals surface area contributed by atoms with Crippen LogP contribution in [0, 0.1) is 0 Å². The molecule has 0 saturated carbocycles. The maximum Gasteiger partial charge on any atom is 0.258 e. The Kier molecular flexibility index (Phi) is 3.53. The summed E-state index contributed by atoms with van der Waals surface area (Å²) in [6.07, 6.45) is 3.50. The SMILES string of the molecule is CCCC(CC)c1cc(=O)[nH]s1. The maximum absolute atomic E-state index is 10.9. The van der Waals surface area contributed by atoms with Crippen molar-refractivity contribution in [1.82, 2.24) is 4.37 Å². The van der Waals surface area contributed by atoms with Crippen molar-refractivity contribution < 1.29 is 0 Å². The fourth-order valence-electron chi connectivity index (χ4n) is 1.39. The van der Waals surface area contributed by atoms with Gasteiger partial charge in [-0.05, 0) is 18.8 Å². The van der Waals surface area contributed by atoms with Gasteiger partial charge in [-0.3, -0.25) is 9.17 Å². The second-order valence-corrected chi connectivity index (χ2v) is 3.89. The molecule has 0 aliphatic heterocycles. The zero-order chi connectivity index (χ0) is 8.97. The molecule has 1 rings (SSSR count). The predicted molar refractivity (Wildman–Crippen MR) is 52.9 cm³/mol. The highest BCUT2D eigenvalue weighted by Crippen LogP contribution is 2.25. The highest BCUT2D eigenvalue weighted by Gasteiger charge is 2.10. The number of aromatic amines is 1. The van der Waals surface area contributed by atoms with Crippen LogP contribution in [-0.4, -0.2) is 4.37 Å². The second kappa shape index (κ2) is 4.45. The van der Waals surface area contributed by atoms with Gasteiger partial charge in [0.25, 0.3) is 5.56 Å². The summed E-state index contributed by atoms with van der Waals surface area (Å²) in [6, 6.07) is 1.73. The molecule has 1 unspecified atom stereocenters. The summed E-state index contributed by atoms with van der Waals surface area (Å²) in [5, 5.41) is 0. The third-order valence-corrected chi connectivity index (χ3v) is 3.07. The van der Waals surface area contributed by atoms with Gasteiger partial charge in [0, 0.05) is 10.9 Å². The fourth-order valence-corrected chi connectivity index (χ4v) is 2.29. The van der Waals surface area contributed by atoms with E-state index in [2.05, 4.69) is 18.2 Å².